The van der Waals surface area contributed by atoms with Crippen molar-refractivity contribution in [2.45, 2.75) is 49.6 Å². The molecule has 0 spiro atoms. The SMILES string of the molecule is CO[C@@H]([C@@H]1OC(O)(C(=O)O)C[C@H](O)[C@H]1NC(C)=O)[C@H](O)CO. The zero-order valence-electron chi connectivity index (χ0n) is 12.2. The third kappa shape index (κ3) is 3.91. The first-order valence-electron chi connectivity index (χ1n) is 6.56. The second-order valence-electron chi connectivity index (χ2n) is 5.12. The van der Waals surface area contributed by atoms with E-state index in [1.807, 2.05) is 0 Å². The van der Waals surface area contributed by atoms with Gasteiger partial charge in [0.2, 0.25) is 5.91 Å². The zero-order valence-corrected chi connectivity index (χ0v) is 12.2. The molecule has 0 bridgehead atoms. The van der Waals surface area contributed by atoms with Crippen LogP contribution in [-0.4, -0.2) is 87.4 Å². The number of hydrogen-bond donors (Lipinski definition) is 6. The van der Waals surface area contributed by atoms with Gasteiger partial charge in [0.15, 0.2) is 0 Å². The van der Waals surface area contributed by atoms with Crippen LogP contribution in [0.25, 0.3) is 0 Å². The van der Waals surface area contributed by atoms with Crippen molar-refractivity contribution in [1.82, 2.24) is 5.32 Å². The summed E-state index contributed by atoms with van der Waals surface area (Å²) in [7, 11) is 1.17. The summed E-state index contributed by atoms with van der Waals surface area (Å²) in [5.41, 5.74) is 0. The van der Waals surface area contributed by atoms with E-state index < -0.39 is 61.1 Å². The molecule has 6 N–H and O–H groups in total. The van der Waals surface area contributed by atoms with Crippen molar-refractivity contribution >= 4 is 11.9 Å². The Hall–Kier alpha value is -1.30. The smallest absolute Gasteiger partial charge is 0.364 e. The van der Waals surface area contributed by atoms with E-state index in [1.165, 1.54) is 14.0 Å². The van der Waals surface area contributed by atoms with Crippen LogP contribution in [0.15, 0.2) is 0 Å². The summed E-state index contributed by atoms with van der Waals surface area (Å²) in [6, 6.07) is -1.14. The Bertz CT molecular complexity index is 417. The molecule has 22 heavy (non-hydrogen) atoms. The first-order chi connectivity index (χ1) is 10.2. The number of aliphatic carboxylic acids is 1. The van der Waals surface area contributed by atoms with Crippen molar-refractivity contribution in [2.24, 2.45) is 0 Å². The number of carbonyl (C=O) groups excluding carboxylic acids is 1. The van der Waals surface area contributed by atoms with E-state index in [9.17, 15) is 24.9 Å². The fraction of sp³-hybridized carbons (Fsp3) is 0.833. The molecule has 0 aromatic heterocycles. The maximum atomic E-state index is 11.2. The summed E-state index contributed by atoms with van der Waals surface area (Å²) in [4.78, 5) is 22.4. The minimum absolute atomic E-state index is 0.535. The van der Waals surface area contributed by atoms with Crippen LogP contribution in [0.4, 0.5) is 0 Å². The van der Waals surface area contributed by atoms with E-state index >= 15 is 0 Å². The van der Waals surface area contributed by atoms with Crippen molar-refractivity contribution in [3.05, 3.63) is 0 Å². The lowest BCUT2D eigenvalue weighted by molar-refractivity contribution is -0.297. The highest BCUT2D eigenvalue weighted by Crippen LogP contribution is 2.31. The molecular weight excluding hydrogens is 302 g/mol. The highest BCUT2D eigenvalue weighted by molar-refractivity contribution is 5.76. The Morgan fingerprint density at radius 3 is 2.50 bits per heavy atom. The Balaban J connectivity index is 3.15. The van der Waals surface area contributed by atoms with Crippen LogP contribution in [0.3, 0.4) is 0 Å². The number of aliphatic hydroxyl groups is 4. The van der Waals surface area contributed by atoms with Crippen LogP contribution in [0, 0.1) is 0 Å². The maximum Gasteiger partial charge on any atom is 0.364 e. The average molecular weight is 323 g/mol. The molecule has 1 amide bonds. The van der Waals surface area contributed by atoms with Gasteiger partial charge in [-0.25, -0.2) is 4.79 Å². The largest absolute Gasteiger partial charge is 0.477 e. The van der Waals surface area contributed by atoms with Gasteiger partial charge in [0.25, 0.3) is 5.79 Å². The summed E-state index contributed by atoms with van der Waals surface area (Å²) in [6.07, 6.45) is -6.32. The number of amides is 1. The highest BCUT2D eigenvalue weighted by Gasteiger charge is 2.54. The fourth-order valence-electron chi connectivity index (χ4n) is 2.41. The number of aliphatic hydroxyl groups excluding tert-OH is 3. The molecule has 0 saturated carbocycles. The third-order valence-corrected chi connectivity index (χ3v) is 3.45. The quantitative estimate of drug-likeness (QED) is 0.295. The van der Waals surface area contributed by atoms with Gasteiger partial charge in [0, 0.05) is 20.5 Å². The number of nitrogens with one attached hydrogen (secondary N) is 1. The summed E-state index contributed by atoms with van der Waals surface area (Å²) in [6.45, 7) is 0.443. The molecule has 0 aliphatic carbocycles. The van der Waals surface area contributed by atoms with Crippen LogP contribution < -0.4 is 5.32 Å². The van der Waals surface area contributed by atoms with Gasteiger partial charge in [-0.15, -0.1) is 0 Å². The predicted octanol–water partition coefficient (Wildman–Crippen LogP) is -3.22. The molecule has 0 aromatic rings. The second kappa shape index (κ2) is 7.31. The molecular formula is C12H21NO9. The predicted molar refractivity (Wildman–Crippen MR) is 69.6 cm³/mol. The second-order valence-corrected chi connectivity index (χ2v) is 5.12. The minimum atomic E-state index is -2.70. The van der Waals surface area contributed by atoms with Crippen molar-refractivity contribution in [2.75, 3.05) is 13.7 Å². The van der Waals surface area contributed by atoms with Gasteiger partial charge in [0.1, 0.15) is 18.3 Å². The number of carboxylic acid groups (broad SMARTS) is 1. The van der Waals surface area contributed by atoms with Crippen molar-refractivity contribution < 1.29 is 44.6 Å². The Labute approximate surface area is 126 Å². The molecule has 1 rings (SSSR count). The Kier molecular flexibility index (Phi) is 6.23. The molecule has 10 nitrogen and oxygen atoms in total. The third-order valence-electron chi connectivity index (χ3n) is 3.45. The van der Waals surface area contributed by atoms with E-state index in [4.69, 9.17) is 19.7 Å². The first kappa shape index (κ1) is 18.7. The van der Waals surface area contributed by atoms with E-state index in [2.05, 4.69) is 5.32 Å². The number of methoxy groups -OCH3 is 1. The van der Waals surface area contributed by atoms with Crippen molar-refractivity contribution in [3.63, 3.8) is 0 Å². The monoisotopic (exact) mass is 323 g/mol. The van der Waals surface area contributed by atoms with Crippen LogP contribution in [0.1, 0.15) is 13.3 Å². The molecule has 10 heteroatoms. The molecule has 128 valence electrons. The van der Waals surface area contributed by atoms with Gasteiger partial charge < -0.3 is 40.3 Å². The van der Waals surface area contributed by atoms with Crippen LogP contribution >= 0.6 is 0 Å². The number of carbonyl (C=O) groups is 2. The van der Waals surface area contributed by atoms with Crippen molar-refractivity contribution in [3.8, 4) is 0 Å². The van der Waals surface area contributed by atoms with Crippen LogP contribution in [0.5, 0.6) is 0 Å². The molecule has 6 atom stereocenters. The van der Waals surface area contributed by atoms with Gasteiger partial charge in [-0.05, 0) is 0 Å². The van der Waals surface area contributed by atoms with E-state index in [-0.39, 0.29) is 0 Å². The minimum Gasteiger partial charge on any atom is -0.477 e. The van der Waals surface area contributed by atoms with Crippen LogP contribution in [0.2, 0.25) is 0 Å². The molecule has 1 heterocycles. The number of rotatable bonds is 6. The molecule has 1 saturated heterocycles. The lowest BCUT2D eigenvalue weighted by atomic mass is 9.88. The molecule has 1 fully saturated rings. The van der Waals surface area contributed by atoms with E-state index in [0.29, 0.717) is 0 Å². The normalized spacial score (nSPS) is 34.7. The molecule has 0 radical (unpaired) electrons. The highest BCUT2D eigenvalue weighted by atomic mass is 16.7. The van der Waals surface area contributed by atoms with E-state index in [1.54, 1.807) is 0 Å². The summed E-state index contributed by atoms with van der Waals surface area (Å²) >= 11 is 0. The molecule has 1 aliphatic heterocycles. The standard InChI is InChI=1S/C12H21NO9/c1-5(15)13-8-6(16)3-12(20,11(18)19)22-10(8)9(21-2)7(17)4-14/h6-10,14,16-17,20H,3-4H2,1-2H3,(H,13,15)(H,18,19)/t6-,7+,8+,9+,10+,12?/m0/s1. The Morgan fingerprint density at radius 2 is 2.09 bits per heavy atom. The molecule has 0 aromatic carbocycles. The molecule has 1 unspecified atom stereocenters. The van der Waals surface area contributed by atoms with Crippen LogP contribution in [-0.2, 0) is 19.1 Å². The summed E-state index contributed by atoms with van der Waals surface area (Å²) in [5, 5.41) is 50.2. The number of ether oxygens (including phenoxy) is 2. The summed E-state index contributed by atoms with van der Waals surface area (Å²) in [5.74, 6) is -4.97. The van der Waals surface area contributed by atoms with Crippen molar-refractivity contribution in [1.29, 1.82) is 0 Å². The maximum absolute atomic E-state index is 11.2. The lowest BCUT2D eigenvalue weighted by Gasteiger charge is -2.45. The topological polar surface area (TPSA) is 166 Å². The first-order valence-corrected chi connectivity index (χ1v) is 6.56. The lowest BCUT2D eigenvalue weighted by Crippen LogP contribution is -2.67. The van der Waals surface area contributed by atoms with Gasteiger partial charge >= 0.3 is 5.97 Å². The van der Waals surface area contributed by atoms with E-state index in [0.717, 1.165) is 0 Å². The average Bonchev–Trinajstić information content (AvgIpc) is 2.42. The molecule has 1 aliphatic rings. The van der Waals surface area contributed by atoms with Gasteiger partial charge in [-0.3, -0.25) is 4.79 Å². The fourth-order valence-corrected chi connectivity index (χ4v) is 2.41. The Morgan fingerprint density at radius 1 is 1.50 bits per heavy atom. The van der Waals surface area contributed by atoms with Gasteiger partial charge in [-0.2, -0.15) is 0 Å². The number of carboxylic acids is 1. The zero-order chi connectivity index (χ0) is 17.1. The summed E-state index contributed by atoms with van der Waals surface area (Å²) < 4.78 is 10.1. The van der Waals surface area contributed by atoms with Gasteiger partial charge in [0.05, 0.1) is 18.8 Å². The number of hydrogen-bond acceptors (Lipinski definition) is 8. The van der Waals surface area contributed by atoms with Gasteiger partial charge in [-0.1, -0.05) is 0 Å².